The Morgan fingerprint density at radius 2 is 1.65 bits per heavy atom. The minimum absolute atomic E-state index is 0.589. The summed E-state index contributed by atoms with van der Waals surface area (Å²) in [6.07, 6.45) is 2.39. The van der Waals surface area contributed by atoms with Crippen molar-refractivity contribution in [1.82, 2.24) is 0 Å². The third-order valence-corrected chi connectivity index (χ3v) is 3.45. The average Bonchev–Trinajstić information content (AvgIpc) is 2.36. The highest BCUT2D eigenvalue weighted by Gasteiger charge is 2.06. The van der Waals surface area contributed by atoms with Crippen molar-refractivity contribution in [2.24, 2.45) is 5.92 Å². The molecule has 0 fully saturated rings. The minimum Gasteiger partial charge on any atom is -0.494 e. The molecule has 0 saturated carbocycles. The highest BCUT2D eigenvalue weighted by molar-refractivity contribution is 9.09. The summed E-state index contributed by atoms with van der Waals surface area (Å²) in [5.74, 6) is 2.40. The van der Waals surface area contributed by atoms with Crippen LogP contribution in [0.2, 0.25) is 0 Å². The number of rotatable bonds is 8. The van der Waals surface area contributed by atoms with Gasteiger partial charge in [-0.05, 0) is 37.6 Å². The summed E-state index contributed by atoms with van der Waals surface area (Å²) >= 11 is 3.52. The van der Waals surface area contributed by atoms with E-state index in [1.807, 2.05) is 31.2 Å². The molecule has 1 aromatic rings. The molecule has 1 aromatic carbocycles. The Morgan fingerprint density at radius 1 is 1.06 bits per heavy atom. The van der Waals surface area contributed by atoms with Gasteiger partial charge in [0, 0.05) is 11.2 Å². The van der Waals surface area contributed by atoms with Crippen molar-refractivity contribution < 1.29 is 9.47 Å². The van der Waals surface area contributed by atoms with E-state index in [1.54, 1.807) is 0 Å². The van der Waals surface area contributed by atoms with Gasteiger partial charge in [0.15, 0.2) is 0 Å². The van der Waals surface area contributed by atoms with Gasteiger partial charge >= 0.3 is 0 Å². The summed E-state index contributed by atoms with van der Waals surface area (Å²) in [4.78, 5) is 0. The molecule has 1 unspecified atom stereocenters. The number of halogens is 1. The van der Waals surface area contributed by atoms with E-state index in [0.717, 1.165) is 23.4 Å². The van der Waals surface area contributed by atoms with Gasteiger partial charge < -0.3 is 9.47 Å². The van der Waals surface area contributed by atoms with Crippen molar-refractivity contribution in [2.75, 3.05) is 18.5 Å². The molecular formula is C14H21BrO2. The average molecular weight is 301 g/mol. The van der Waals surface area contributed by atoms with Crippen molar-refractivity contribution in [3.63, 3.8) is 0 Å². The van der Waals surface area contributed by atoms with Crippen LogP contribution in [0.1, 0.15) is 26.7 Å². The van der Waals surface area contributed by atoms with E-state index in [1.165, 1.54) is 12.8 Å². The van der Waals surface area contributed by atoms with E-state index < -0.39 is 0 Å². The Morgan fingerprint density at radius 3 is 2.12 bits per heavy atom. The first-order valence-electron chi connectivity index (χ1n) is 6.21. The Bertz CT molecular complexity index is 298. The number of benzene rings is 1. The second kappa shape index (κ2) is 8.40. The second-order valence-electron chi connectivity index (χ2n) is 4.02. The summed E-state index contributed by atoms with van der Waals surface area (Å²) in [6.45, 7) is 5.65. The highest BCUT2D eigenvalue weighted by atomic mass is 79.9. The molecule has 0 spiro atoms. The summed E-state index contributed by atoms with van der Waals surface area (Å²) in [7, 11) is 0. The van der Waals surface area contributed by atoms with E-state index in [-0.39, 0.29) is 0 Å². The molecule has 0 aliphatic heterocycles. The molecule has 0 aliphatic carbocycles. The van der Waals surface area contributed by atoms with Crippen LogP contribution in [0, 0.1) is 5.92 Å². The summed E-state index contributed by atoms with van der Waals surface area (Å²) in [5, 5.41) is 0.998. The van der Waals surface area contributed by atoms with Crippen LogP contribution < -0.4 is 9.47 Å². The SMILES string of the molecule is CCCC(CBr)COc1ccc(OCC)cc1. The topological polar surface area (TPSA) is 18.5 Å². The fourth-order valence-electron chi connectivity index (χ4n) is 1.63. The predicted octanol–water partition coefficient (Wildman–Crippen LogP) is 4.28. The molecule has 0 saturated heterocycles. The number of alkyl halides is 1. The maximum absolute atomic E-state index is 5.76. The van der Waals surface area contributed by atoms with Crippen molar-refractivity contribution in [1.29, 1.82) is 0 Å². The predicted molar refractivity (Wildman–Crippen MR) is 75.3 cm³/mol. The van der Waals surface area contributed by atoms with Gasteiger partial charge in [0.25, 0.3) is 0 Å². The lowest BCUT2D eigenvalue weighted by atomic mass is 10.1. The molecule has 0 heterocycles. The van der Waals surface area contributed by atoms with Gasteiger partial charge in [-0.1, -0.05) is 29.3 Å². The molecule has 0 bridgehead atoms. The third kappa shape index (κ3) is 5.44. The zero-order valence-corrected chi connectivity index (χ0v) is 12.2. The van der Waals surface area contributed by atoms with Crippen LogP contribution in [0.25, 0.3) is 0 Å². The quantitative estimate of drug-likeness (QED) is 0.667. The molecule has 0 aromatic heterocycles. The molecule has 0 amide bonds. The fraction of sp³-hybridized carbons (Fsp3) is 0.571. The van der Waals surface area contributed by atoms with Crippen LogP contribution in [-0.2, 0) is 0 Å². The van der Waals surface area contributed by atoms with Gasteiger partial charge in [-0.25, -0.2) is 0 Å². The first-order valence-corrected chi connectivity index (χ1v) is 7.33. The Hall–Kier alpha value is -0.700. The van der Waals surface area contributed by atoms with Crippen LogP contribution in [0.3, 0.4) is 0 Å². The maximum atomic E-state index is 5.76. The normalized spacial score (nSPS) is 12.2. The van der Waals surface area contributed by atoms with Crippen LogP contribution in [-0.4, -0.2) is 18.5 Å². The van der Waals surface area contributed by atoms with Crippen LogP contribution in [0.4, 0.5) is 0 Å². The Kier molecular flexibility index (Phi) is 7.10. The lowest BCUT2D eigenvalue weighted by Gasteiger charge is -2.14. The standard InChI is InChI=1S/C14H21BrO2/c1-3-5-12(10-15)11-17-14-8-6-13(7-9-14)16-4-2/h6-9,12H,3-5,10-11H2,1-2H3. The molecule has 0 radical (unpaired) electrons. The van der Waals surface area contributed by atoms with Crippen molar-refractivity contribution in [3.05, 3.63) is 24.3 Å². The minimum atomic E-state index is 0.589. The molecule has 1 rings (SSSR count). The zero-order valence-electron chi connectivity index (χ0n) is 10.6. The second-order valence-corrected chi connectivity index (χ2v) is 4.67. The van der Waals surface area contributed by atoms with Crippen molar-refractivity contribution in [2.45, 2.75) is 26.7 Å². The maximum Gasteiger partial charge on any atom is 0.119 e. The van der Waals surface area contributed by atoms with Gasteiger partial charge in [-0.3, -0.25) is 0 Å². The van der Waals surface area contributed by atoms with Gasteiger partial charge in [0.05, 0.1) is 13.2 Å². The highest BCUT2D eigenvalue weighted by Crippen LogP contribution is 2.19. The van der Waals surface area contributed by atoms with E-state index in [2.05, 4.69) is 22.9 Å². The van der Waals surface area contributed by atoms with Gasteiger partial charge in [0.2, 0.25) is 0 Å². The summed E-state index contributed by atoms with van der Waals surface area (Å²) < 4.78 is 11.1. The Labute approximate surface area is 112 Å². The first kappa shape index (κ1) is 14.4. The van der Waals surface area contributed by atoms with Gasteiger partial charge in [-0.15, -0.1) is 0 Å². The van der Waals surface area contributed by atoms with Crippen LogP contribution in [0.15, 0.2) is 24.3 Å². The molecule has 96 valence electrons. The van der Waals surface area contributed by atoms with Crippen LogP contribution >= 0.6 is 15.9 Å². The van der Waals surface area contributed by atoms with E-state index in [4.69, 9.17) is 9.47 Å². The van der Waals surface area contributed by atoms with Crippen molar-refractivity contribution in [3.8, 4) is 11.5 Å². The molecule has 0 aliphatic rings. The number of hydrogen-bond acceptors (Lipinski definition) is 2. The van der Waals surface area contributed by atoms with Crippen molar-refractivity contribution >= 4 is 15.9 Å². The molecule has 17 heavy (non-hydrogen) atoms. The van der Waals surface area contributed by atoms with E-state index in [0.29, 0.717) is 12.5 Å². The largest absolute Gasteiger partial charge is 0.494 e. The van der Waals surface area contributed by atoms with E-state index >= 15 is 0 Å². The molecule has 3 heteroatoms. The lowest BCUT2D eigenvalue weighted by molar-refractivity contribution is 0.254. The molecule has 0 N–H and O–H groups in total. The fourth-order valence-corrected chi connectivity index (χ4v) is 2.14. The zero-order chi connectivity index (χ0) is 12.5. The third-order valence-electron chi connectivity index (χ3n) is 2.54. The Balaban J connectivity index is 2.40. The van der Waals surface area contributed by atoms with Gasteiger partial charge in [-0.2, -0.15) is 0 Å². The summed E-state index contributed by atoms with van der Waals surface area (Å²) in [5.41, 5.74) is 0. The molecule has 2 nitrogen and oxygen atoms in total. The van der Waals surface area contributed by atoms with Gasteiger partial charge in [0.1, 0.15) is 11.5 Å². The van der Waals surface area contributed by atoms with E-state index in [9.17, 15) is 0 Å². The lowest BCUT2D eigenvalue weighted by Crippen LogP contribution is -2.13. The van der Waals surface area contributed by atoms with Crippen LogP contribution in [0.5, 0.6) is 11.5 Å². The smallest absolute Gasteiger partial charge is 0.119 e. The first-order chi connectivity index (χ1) is 8.30. The molecular weight excluding hydrogens is 280 g/mol. The summed E-state index contributed by atoms with van der Waals surface area (Å²) in [6, 6.07) is 7.81. The molecule has 1 atom stereocenters. The number of hydrogen-bond donors (Lipinski definition) is 0. The number of ether oxygens (including phenoxy) is 2. The monoisotopic (exact) mass is 300 g/mol.